The molecule has 1 saturated heterocycles. The Morgan fingerprint density at radius 3 is 2.62 bits per heavy atom. The fourth-order valence-corrected chi connectivity index (χ4v) is 4.77. The van der Waals surface area contributed by atoms with Crippen LogP contribution in [0.25, 0.3) is 0 Å². The van der Waals surface area contributed by atoms with Gasteiger partial charge in [0.15, 0.2) is 5.76 Å². The zero-order valence-electron chi connectivity index (χ0n) is 17.0. The fraction of sp³-hybridized carbons (Fsp3) is 0.579. The van der Waals surface area contributed by atoms with Crippen molar-refractivity contribution in [3.63, 3.8) is 0 Å². The van der Waals surface area contributed by atoms with Gasteiger partial charge < -0.3 is 14.6 Å². The van der Waals surface area contributed by atoms with Crippen molar-refractivity contribution in [2.24, 2.45) is 0 Å². The SMILES string of the molecule is CCN(CC)CCn1cc(NC(=O)c2ccc(S(=O)(=O)N3CCCCC3)o2)cn1. The number of rotatable bonds is 9. The summed E-state index contributed by atoms with van der Waals surface area (Å²) in [6.07, 6.45) is 6.02. The fourth-order valence-electron chi connectivity index (χ4n) is 3.34. The molecule has 3 rings (SSSR count). The van der Waals surface area contributed by atoms with Gasteiger partial charge in [0.05, 0.1) is 18.4 Å². The minimum atomic E-state index is -3.70. The van der Waals surface area contributed by atoms with E-state index in [2.05, 4.69) is 29.2 Å². The molecule has 1 amide bonds. The maximum Gasteiger partial charge on any atom is 0.291 e. The van der Waals surface area contributed by atoms with Crippen LogP contribution in [0.4, 0.5) is 5.69 Å². The molecule has 0 aliphatic carbocycles. The summed E-state index contributed by atoms with van der Waals surface area (Å²) in [7, 11) is -3.70. The van der Waals surface area contributed by atoms with E-state index in [0.29, 0.717) is 18.8 Å². The maximum atomic E-state index is 12.6. The van der Waals surface area contributed by atoms with E-state index in [1.807, 2.05) is 0 Å². The van der Waals surface area contributed by atoms with Crippen molar-refractivity contribution in [2.75, 3.05) is 38.0 Å². The van der Waals surface area contributed by atoms with Gasteiger partial charge in [0.25, 0.3) is 15.9 Å². The molecule has 0 saturated carbocycles. The van der Waals surface area contributed by atoms with Gasteiger partial charge in [-0.1, -0.05) is 20.3 Å². The zero-order chi connectivity index (χ0) is 20.9. The van der Waals surface area contributed by atoms with E-state index < -0.39 is 15.9 Å². The third-order valence-corrected chi connectivity index (χ3v) is 6.92. The number of nitrogens with one attached hydrogen (secondary N) is 1. The van der Waals surface area contributed by atoms with Crippen LogP contribution in [0.3, 0.4) is 0 Å². The summed E-state index contributed by atoms with van der Waals surface area (Å²) in [4.78, 5) is 14.7. The summed E-state index contributed by atoms with van der Waals surface area (Å²) in [5.41, 5.74) is 0.534. The number of hydrogen-bond acceptors (Lipinski definition) is 6. The molecule has 0 bridgehead atoms. The summed E-state index contributed by atoms with van der Waals surface area (Å²) < 4.78 is 33.8. The second-order valence-electron chi connectivity index (χ2n) is 7.06. The van der Waals surface area contributed by atoms with Gasteiger partial charge in [0, 0.05) is 25.8 Å². The van der Waals surface area contributed by atoms with Crippen LogP contribution in [-0.2, 0) is 16.6 Å². The number of hydrogen-bond donors (Lipinski definition) is 1. The molecule has 1 aliphatic heterocycles. The van der Waals surface area contributed by atoms with Gasteiger partial charge in [0.2, 0.25) is 5.09 Å². The molecular formula is C19H29N5O4S. The minimum Gasteiger partial charge on any atom is -0.438 e. The number of carbonyl (C=O) groups excluding carboxylic acids is 1. The molecule has 0 atom stereocenters. The molecule has 1 N–H and O–H groups in total. The molecule has 2 aromatic rings. The van der Waals surface area contributed by atoms with Gasteiger partial charge in [-0.2, -0.15) is 9.40 Å². The first-order valence-electron chi connectivity index (χ1n) is 10.1. The quantitative estimate of drug-likeness (QED) is 0.664. The van der Waals surface area contributed by atoms with Crippen molar-refractivity contribution in [1.29, 1.82) is 0 Å². The molecule has 0 spiro atoms. The third kappa shape index (κ3) is 5.26. The van der Waals surface area contributed by atoms with Crippen molar-refractivity contribution >= 4 is 21.6 Å². The number of aromatic nitrogens is 2. The van der Waals surface area contributed by atoms with E-state index in [9.17, 15) is 13.2 Å². The Kier molecular flexibility index (Phi) is 7.09. The Morgan fingerprint density at radius 1 is 1.21 bits per heavy atom. The van der Waals surface area contributed by atoms with E-state index in [1.165, 1.54) is 16.4 Å². The topological polar surface area (TPSA) is 101 Å². The Morgan fingerprint density at radius 2 is 1.93 bits per heavy atom. The van der Waals surface area contributed by atoms with E-state index in [-0.39, 0.29) is 10.9 Å². The number of nitrogens with zero attached hydrogens (tertiary/aromatic N) is 4. The first-order valence-corrected chi connectivity index (χ1v) is 11.5. The summed E-state index contributed by atoms with van der Waals surface area (Å²) in [5, 5.41) is 6.76. The van der Waals surface area contributed by atoms with Crippen LogP contribution in [0.2, 0.25) is 0 Å². The molecule has 160 valence electrons. The van der Waals surface area contributed by atoms with Gasteiger partial charge in [-0.25, -0.2) is 8.42 Å². The molecule has 0 radical (unpaired) electrons. The van der Waals surface area contributed by atoms with Crippen molar-refractivity contribution in [3.05, 3.63) is 30.3 Å². The minimum absolute atomic E-state index is 0.0449. The van der Waals surface area contributed by atoms with Crippen molar-refractivity contribution in [3.8, 4) is 0 Å². The van der Waals surface area contributed by atoms with Crippen LogP contribution in [0.15, 0.2) is 34.0 Å². The number of carbonyl (C=O) groups is 1. The lowest BCUT2D eigenvalue weighted by Crippen LogP contribution is -2.35. The van der Waals surface area contributed by atoms with Crippen LogP contribution in [0, 0.1) is 0 Å². The zero-order valence-corrected chi connectivity index (χ0v) is 17.8. The number of piperidine rings is 1. The molecule has 1 fully saturated rings. The molecule has 29 heavy (non-hydrogen) atoms. The lowest BCUT2D eigenvalue weighted by Gasteiger charge is -2.24. The Bertz CT molecular complexity index is 911. The first-order chi connectivity index (χ1) is 13.9. The molecule has 2 aromatic heterocycles. The Balaban J connectivity index is 1.61. The predicted octanol–water partition coefficient (Wildman–Crippen LogP) is 2.24. The van der Waals surface area contributed by atoms with Crippen LogP contribution >= 0.6 is 0 Å². The first kappa shape index (κ1) is 21.5. The number of amides is 1. The lowest BCUT2D eigenvalue weighted by molar-refractivity contribution is 0.0991. The van der Waals surface area contributed by atoms with Crippen LogP contribution in [0.1, 0.15) is 43.7 Å². The molecule has 1 aliphatic rings. The van der Waals surface area contributed by atoms with Gasteiger partial charge in [-0.3, -0.25) is 9.48 Å². The number of likely N-dealkylation sites (N-methyl/N-ethyl adjacent to an activating group) is 1. The molecule has 3 heterocycles. The molecule has 0 unspecified atom stereocenters. The van der Waals surface area contributed by atoms with Crippen molar-refractivity contribution in [1.82, 2.24) is 19.0 Å². The largest absolute Gasteiger partial charge is 0.438 e. The van der Waals surface area contributed by atoms with Gasteiger partial charge in [-0.05, 0) is 38.1 Å². The van der Waals surface area contributed by atoms with Gasteiger partial charge in [-0.15, -0.1) is 0 Å². The average Bonchev–Trinajstić information content (AvgIpc) is 3.40. The van der Waals surface area contributed by atoms with Gasteiger partial charge in [0.1, 0.15) is 0 Å². The maximum absolute atomic E-state index is 12.6. The van der Waals surface area contributed by atoms with E-state index >= 15 is 0 Å². The standard InChI is InChI=1S/C19H29N5O4S/c1-3-22(4-2)12-13-23-15-16(14-20-23)21-19(25)17-8-9-18(28-17)29(26,27)24-10-6-5-7-11-24/h8-9,14-15H,3-7,10-13H2,1-2H3,(H,21,25). The van der Waals surface area contributed by atoms with Crippen LogP contribution < -0.4 is 5.32 Å². The lowest BCUT2D eigenvalue weighted by atomic mass is 10.2. The van der Waals surface area contributed by atoms with E-state index in [1.54, 1.807) is 17.1 Å². The highest BCUT2D eigenvalue weighted by molar-refractivity contribution is 7.89. The Labute approximate surface area is 171 Å². The second-order valence-corrected chi connectivity index (χ2v) is 8.93. The highest BCUT2D eigenvalue weighted by Crippen LogP contribution is 2.23. The van der Waals surface area contributed by atoms with Crippen LogP contribution in [0.5, 0.6) is 0 Å². The highest BCUT2D eigenvalue weighted by Gasteiger charge is 2.29. The number of anilines is 1. The smallest absolute Gasteiger partial charge is 0.291 e. The molecular weight excluding hydrogens is 394 g/mol. The van der Waals surface area contributed by atoms with E-state index in [4.69, 9.17) is 4.42 Å². The van der Waals surface area contributed by atoms with Gasteiger partial charge >= 0.3 is 0 Å². The average molecular weight is 424 g/mol. The third-order valence-electron chi connectivity index (χ3n) is 5.15. The monoisotopic (exact) mass is 423 g/mol. The molecule has 9 nitrogen and oxygen atoms in total. The second kappa shape index (κ2) is 9.55. The predicted molar refractivity (Wildman–Crippen MR) is 109 cm³/mol. The summed E-state index contributed by atoms with van der Waals surface area (Å²) in [6, 6.07) is 2.73. The number of furan rings is 1. The Hall–Kier alpha value is -2.17. The number of sulfonamides is 1. The molecule has 0 aromatic carbocycles. The highest BCUT2D eigenvalue weighted by atomic mass is 32.2. The summed E-state index contributed by atoms with van der Waals surface area (Å²) in [6.45, 7) is 8.73. The van der Waals surface area contributed by atoms with Crippen molar-refractivity contribution in [2.45, 2.75) is 44.7 Å². The normalized spacial score (nSPS) is 15.7. The molecule has 10 heteroatoms. The summed E-state index contributed by atoms with van der Waals surface area (Å²) >= 11 is 0. The van der Waals surface area contributed by atoms with E-state index in [0.717, 1.165) is 45.4 Å². The van der Waals surface area contributed by atoms with Crippen LogP contribution in [-0.4, -0.2) is 66.0 Å². The van der Waals surface area contributed by atoms with Crippen molar-refractivity contribution < 1.29 is 17.6 Å². The summed E-state index contributed by atoms with van der Waals surface area (Å²) in [5.74, 6) is -0.551.